The lowest BCUT2D eigenvalue weighted by Gasteiger charge is -2.16. The third-order valence-corrected chi connectivity index (χ3v) is 3.70. The van der Waals surface area contributed by atoms with Crippen molar-refractivity contribution in [2.45, 2.75) is 32.7 Å². The van der Waals surface area contributed by atoms with E-state index in [4.69, 9.17) is 5.11 Å². The number of halogens is 1. The molecule has 1 aromatic rings. The van der Waals surface area contributed by atoms with Crippen molar-refractivity contribution in [3.05, 3.63) is 33.4 Å². The first kappa shape index (κ1) is 15.9. The summed E-state index contributed by atoms with van der Waals surface area (Å²) in [5.74, 6) is -1.01. The van der Waals surface area contributed by atoms with Crippen molar-refractivity contribution in [3.63, 3.8) is 0 Å². The topological polar surface area (TPSA) is 66.4 Å². The zero-order chi connectivity index (χ0) is 14.4. The number of rotatable bonds is 6. The van der Waals surface area contributed by atoms with E-state index in [1.165, 1.54) is 0 Å². The SMILES string of the molecule is CC(C)CC(NC(=O)Cc1ccccc1I)C(=O)O. The van der Waals surface area contributed by atoms with Crippen LogP contribution in [0.2, 0.25) is 0 Å². The molecule has 0 aliphatic carbocycles. The van der Waals surface area contributed by atoms with Gasteiger partial charge >= 0.3 is 5.97 Å². The average Bonchev–Trinajstić information content (AvgIpc) is 2.30. The quantitative estimate of drug-likeness (QED) is 0.751. The summed E-state index contributed by atoms with van der Waals surface area (Å²) in [4.78, 5) is 23.0. The molecule has 2 N–H and O–H groups in total. The van der Waals surface area contributed by atoms with Gasteiger partial charge in [0, 0.05) is 3.57 Å². The molecule has 0 aromatic heterocycles. The first-order valence-corrected chi connectivity index (χ1v) is 7.23. The van der Waals surface area contributed by atoms with Crippen LogP contribution in [0.15, 0.2) is 24.3 Å². The van der Waals surface area contributed by atoms with Gasteiger partial charge in [-0.2, -0.15) is 0 Å². The molecule has 0 saturated carbocycles. The molecule has 1 aromatic carbocycles. The molecule has 0 aliphatic rings. The van der Waals surface area contributed by atoms with Gasteiger partial charge in [0.1, 0.15) is 6.04 Å². The van der Waals surface area contributed by atoms with Crippen LogP contribution < -0.4 is 5.32 Å². The van der Waals surface area contributed by atoms with Crippen molar-refractivity contribution < 1.29 is 14.7 Å². The maximum absolute atomic E-state index is 11.9. The lowest BCUT2D eigenvalue weighted by atomic mass is 10.0. The molecule has 1 rings (SSSR count). The Morgan fingerprint density at radius 3 is 2.47 bits per heavy atom. The predicted octanol–water partition coefficient (Wildman–Crippen LogP) is 2.45. The third kappa shape index (κ3) is 5.59. The highest BCUT2D eigenvalue weighted by molar-refractivity contribution is 14.1. The fourth-order valence-corrected chi connectivity index (χ4v) is 2.33. The van der Waals surface area contributed by atoms with E-state index in [9.17, 15) is 9.59 Å². The molecule has 0 heterocycles. The van der Waals surface area contributed by atoms with Gasteiger partial charge in [-0.1, -0.05) is 32.0 Å². The van der Waals surface area contributed by atoms with Crippen molar-refractivity contribution in [1.82, 2.24) is 5.32 Å². The molecular weight excluding hydrogens is 357 g/mol. The molecular formula is C14H18INO3. The van der Waals surface area contributed by atoms with Gasteiger partial charge in [0.2, 0.25) is 5.91 Å². The number of amides is 1. The number of hydrogen-bond donors (Lipinski definition) is 2. The Labute approximate surface area is 126 Å². The standard InChI is InChI=1S/C14H18INO3/c1-9(2)7-12(14(18)19)16-13(17)8-10-5-3-4-6-11(10)15/h3-6,9,12H,7-8H2,1-2H3,(H,16,17)(H,18,19). The number of carbonyl (C=O) groups is 2. The summed E-state index contributed by atoms with van der Waals surface area (Å²) < 4.78 is 1.01. The molecule has 1 atom stereocenters. The highest BCUT2D eigenvalue weighted by atomic mass is 127. The Hall–Kier alpha value is -1.11. The second-order valence-corrected chi connectivity index (χ2v) is 6.02. The van der Waals surface area contributed by atoms with Gasteiger partial charge < -0.3 is 10.4 Å². The first-order chi connectivity index (χ1) is 8.90. The van der Waals surface area contributed by atoms with E-state index in [0.29, 0.717) is 6.42 Å². The van der Waals surface area contributed by atoms with Gasteiger partial charge in [-0.05, 0) is 46.6 Å². The summed E-state index contributed by atoms with van der Waals surface area (Å²) >= 11 is 2.16. The second kappa shape index (κ2) is 7.47. The molecule has 0 aliphatic heterocycles. The third-order valence-electron chi connectivity index (χ3n) is 2.65. The molecule has 104 valence electrons. The fraction of sp³-hybridized carbons (Fsp3) is 0.429. The van der Waals surface area contributed by atoms with Gasteiger partial charge in [0.05, 0.1) is 6.42 Å². The largest absolute Gasteiger partial charge is 0.480 e. The van der Waals surface area contributed by atoms with E-state index >= 15 is 0 Å². The van der Waals surface area contributed by atoms with Gasteiger partial charge in [0.15, 0.2) is 0 Å². The van der Waals surface area contributed by atoms with Crippen molar-refractivity contribution in [2.75, 3.05) is 0 Å². The Kier molecular flexibility index (Phi) is 6.27. The number of nitrogens with one attached hydrogen (secondary N) is 1. The molecule has 0 bridgehead atoms. The lowest BCUT2D eigenvalue weighted by Crippen LogP contribution is -2.42. The van der Waals surface area contributed by atoms with Crippen LogP contribution in [0.3, 0.4) is 0 Å². The summed E-state index contributed by atoms with van der Waals surface area (Å²) in [5.41, 5.74) is 0.911. The highest BCUT2D eigenvalue weighted by Gasteiger charge is 2.21. The Balaban J connectivity index is 2.63. The fourth-order valence-electron chi connectivity index (χ4n) is 1.75. The van der Waals surface area contributed by atoms with Crippen LogP contribution >= 0.6 is 22.6 Å². The number of benzene rings is 1. The van der Waals surface area contributed by atoms with E-state index in [-0.39, 0.29) is 18.2 Å². The smallest absolute Gasteiger partial charge is 0.326 e. The van der Waals surface area contributed by atoms with Crippen LogP contribution in [0.4, 0.5) is 0 Å². The molecule has 1 amide bonds. The Morgan fingerprint density at radius 1 is 1.32 bits per heavy atom. The monoisotopic (exact) mass is 375 g/mol. The number of hydrogen-bond acceptors (Lipinski definition) is 2. The van der Waals surface area contributed by atoms with Crippen molar-refractivity contribution >= 4 is 34.5 Å². The Morgan fingerprint density at radius 2 is 1.95 bits per heavy atom. The van der Waals surface area contributed by atoms with E-state index < -0.39 is 12.0 Å². The Bertz CT molecular complexity index is 460. The summed E-state index contributed by atoms with van der Waals surface area (Å²) in [6.45, 7) is 3.87. The average molecular weight is 375 g/mol. The van der Waals surface area contributed by atoms with E-state index in [1.807, 2.05) is 38.1 Å². The van der Waals surface area contributed by atoms with Crippen LogP contribution in [-0.2, 0) is 16.0 Å². The van der Waals surface area contributed by atoms with E-state index in [1.54, 1.807) is 0 Å². The van der Waals surface area contributed by atoms with Crippen LogP contribution in [0.5, 0.6) is 0 Å². The van der Waals surface area contributed by atoms with Crippen molar-refractivity contribution in [1.29, 1.82) is 0 Å². The number of carboxylic acid groups (broad SMARTS) is 1. The van der Waals surface area contributed by atoms with Crippen molar-refractivity contribution in [3.8, 4) is 0 Å². The van der Waals surface area contributed by atoms with Gasteiger partial charge in [-0.3, -0.25) is 4.79 Å². The van der Waals surface area contributed by atoms with E-state index in [2.05, 4.69) is 27.9 Å². The minimum atomic E-state index is -0.982. The van der Waals surface area contributed by atoms with Gasteiger partial charge in [-0.25, -0.2) is 4.79 Å². The summed E-state index contributed by atoms with van der Waals surface area (Å²) in [7, 11) is 0. The van der Waals surface area contributed by atoms with E-state index in [0.717, 1.165) is 9.13 Å². The highest BCUT2D eigenvalue weighted by Crippen LogP contribution is 2.12. The van der Waals surface area contributed by atoms with Crippen LogP contribution in [0.25, 0.3) is 0 Å². The maximum Gasteiger partial charge on any atom is 0.326 e. The molecule has 19 heavy (non-hydrogen) atoms. The van der Waals surface area contributed by atoms with Gasteiger partial charge in [-0.15, -0.1) is 0 Å². The number of carbonyl (C=O) groups excluding carboxylic acids is 1. The molecule has 1 unspecified atom stereocenters. The molecule has 4 nitrogen and oxygen atoms in total. The van der Waals surface area contributed by atoms with Crippen LogP contribution in [-0.4, -0.2) is 23.0 Å². The second-order valence-electron chi connectivity index (χ2n) is 4.86. The molecule has 0 spiro atoms. The molecule has 0 fully saturated rings. The zero-order valence-corrected chi connectivity index (χ0v) is 13.2. The van der Waals surface area contributed by atoms with Crippen molar-refractivity contribution in [2.24, 2.45) is 5.92 Å². The predicted molar refractivity (Wildman–Crippen MR) is 81.9 cm³/mol. The zero-order valence-electron chi connectivity index (χ0n) is 11.0. The summed E-state index contributed by atoms with van der Waals surface area (Å²) in [6, 6.07) is 6.76. The maximum atomic E-state index is 11.9. The minimum Gasteiger partial charge on any atom is -0.480 e. The summed E-state index contributed by atoms with van der Waals surface area (Å²) in [5, 5.41) is 11.7. The molecule has 0 saturated heterocycles. The molecule has 0 radical (unpaired) electrons. The summed E-state index contributed by atoms with van der Waals surface area (Å²) in [6.07, 6.45) is 0.647. The first-order valence-electron chi connectivity index (χ1n) is 6.15. The number of aliphatic carboxylic acids is 1. The minimum absolute atomic E-state index is 0.209. The van der Waals surface area contributed by atoms with Crippen LogP contribution in [0.1, 0.15) is 25.8 Å². The van der Waals surface area contributed by atoms with Crippen LogP contribution in [0, 0.1) is 9.49 Å². The van der Waals surface area contributed by atoms with Gasteiger partial charge in [0.25, 0.3) is 0 Å². The molecule has 5 heteroatoms. The normalized spacial score (nSPS) is 12.2. The lowest BCUT2D eigenvalue weighted by molar-refractivity contribution is -0.142. The number of carboxylic acids is 1.